The van der Waals surface area contributed by atoms with E-state index in [0.717, 1.165) is 36.0 Å². The maximum Gasteiger partial charge on any atom is 0.0755 e. The fourth-order valence-corrected chi connectivity index (χ4v) is 8.31. The molecule has 7 unspecified atom stereocenters. The maximum absolute atomic E-state index is 10.6. The number of hydrogen-bond donors (Lipinski definition) is 1. The highest BCUT2D eigenvalue weighted by molar-refractivity contribution is 5.27. The first-order valence-corrected chi connectivity index (χ1v) is 12.2. The third-order valence-corrected chi connectivity index (χ3v) is 9.84. The Labute approximate surface area is 168 Å². The number of rotatable bonds is 5. The lowest BCUT2D eigenvalue weighted by Crippen LogP contribution is -2.51. The fourth-order valence-electron chi connectivity index (χ4n) is 8.31. The molecule has 0 aliphatic heterocycles. The Morgan fingerprint density at radius 3 is 2.63 bits per heavy atom. The van der Waals surface area contributed by atoms with Crippen LogP contribution in [0.3, 0.4) is 0 Å². The van der Waals surface area contributed by atoms with Gasteiger partial charge in [-0.1, -0.05) is 53.0 Å². The molecule has 3 saturated carbocycles. The van der Waals surface area contributed by atoms with Crippen molar-refractivity contribution in [2.75, 3.05) is 0 Å². The molecule has 0 aromatic rings. The normalized spacial score (nSPS) is 46.6. The van der Waals surface area contributed by atoms with E-state index in [1.54, 1.807) is 0 Å². The summed E-state index contributed by atoms with van der Waals surface area (Å²) in [5.41, 5.74) is 2.34. The first kappa shape index (κ1) is 20.0. The summed E-state index contributed by atoms with van der Waals surface area (Å²) in [6.45, 7) is 9.91. The molecule has 4 aliphatic carbocycles. The lowest BCUT2D eigenvalue weighted by molar-refractivity contribution is -0.0528. The maximum atomic E-state index is 10.6. The van der Waals surface area contributed by atoms with E-state index in [1.165, 1.54) is 76.2 Å². The zero-order chi connectivity index (χ0) is 19.2. The molecule has 0 radical (unpaired) electrons. The summed E-state index contributed by atoms with van der Waals surface area (Å²) in [5, 5.41) is 10.6. The van der Waals surface area contributed by atoms with Crippen molar-refractivity contribution >= 4 is 0 Å². The van der Waals surface area contributed by atoms with E-state index in [0.29, 0.717) is 10.8 Å². The number of aliphatic hydroxyl groups is 1. The Kier molecular flexibility index (Phi) is 5.56. The Morgan fingerprint density at radius 1 is 1.04 bits per heavy atom. The van der Waals surface area contributed by atoms with Gasteiger partial charge in [-0.25, -0.2) is 0 Å². The predicted octanol–water partition coefficient (Wildman–Crippen LogP) is 7.14. The number of fused-ring (bicyclic) bond motifs is 5. The average molecular weight is 373 g/mol. The third-order valence-electron chi connectivity index (χ3n) is 9.84. The van der Waals surface area contributed by atoms with Crippen molar-refractivity contribution in [2.45, 2.75) is 111 Å². The van der Waals surface area contributed by atoms with Crippen LogP contribution in [0.1, 0.15) is 105 Å². The Bertz CT molecular complexity index is 563. The monoisotopic (exact) mass is 372 g/mol. The smallest absolute Gasteiger partial charge is 0.0755 e. The average Bonchev–Trinajstić information content (AvgIpc) is 2.95. The van der Waals surface area contributed by atoms with Gasteiger partial charge in [0.15, 0.2) is 0 Å². The van der Waals surface area contributed by atoms with Crippen LogP contribution in [-0.4, -0.2) is 11.2 Å². The minimum atomic E-state index is -0.143. The molecule has 1 N–H and O–H groups in total. The number of aliphatic hydroxyl groups excluding tert-OH is 1. The summed E-state index contributed by atoms with van der Waals surface area (Å²) in [5.74, 6) is 4.52. The van der Waals surface area contributed by atoms with Crippen LogP contribution in [0.25, 0.3) is 0 Å². The highest BCUT2D eigenvalue weighted by Crippen LogP contribution is 2.66. The van der Waals surface area contributed by atoms with Crippen LogP contribution in [0, 0.1) is 40.4 Å². The van der Waals surface area contributed by atoms with E-state index < -0.39 is 0 Å². The minimum Gasteiger partial charge on any atom is -0.389 e. The summed E-state index contributed by atoms with van der Waals surface area (Å²) >= 11 is 0. The molecule has 1 heteroatoms. The molecule has 1 nitrogen and oxygen atoms in total. The van der Waals surface area contributed by atoms with Gasteiger partial charge < -0.3 is 5.11 Å². The van der Waals surface area contributed by atoms with Crippen LogP contribution in [0.4, 0.5) is 0 Å². The molecule has 0 saturated heterocycles. The molecule has 7 atom stereocenters. The van der Waals surface area contributed by atoms with Gasteiger partial charge >= 0.3 is 0 Å². The molecule has 0 heterocycles. The van der Waals surface area contributed by atoms with Crippen LogP contribution in [-0.2, 0) is 0 Å². The third kappa shape index (κ3) is 3.34. The standard InChI is InChI=1S/C26H44O/c1-18(2)8-5-6-9-19-11-13-21-20-12-14-23-24(27)10-7-16-26(23,4)22(20)15-17-25(19,21)3/h14,18-22,24,27H,5-13,15-17H2,1-4H3. The molecular formula is C26H44O. The highest BCUT2D eigenvalue weighted by atomic mass is 16.3. The van der Waals surface area contributed by atoms with Gasteiger partial charge in [0.25, 0.3) is 0 Å². The Morgan fingerprint density at radius 2 is 1.85 bits per heavy atom. The van der Waals surface area contributed by atoms with Crippen molar-refractivity contribution in [1.29, 1.82) is 0 Å². The summed E-state index contributed by atoms with van der Waals surface area (Å²) in [7, 11) is 0. The molecule has 154 valence electrons. The summed E-state index contributed by atoms with van der Waals surface area (Å²) < 4.78 is 0. The quantitative estimate of drug-likeness (QED) is 0.401. The predicted molar refractivity (Wildman–Crippen MR) is 115 cm³/mol. The van der Waals surface area contributed by atoms with Crippen molar-refractivity contribution < 1.29 is 5.11 Å². The van der Waals surface area contributed by atoms with Crippen molar-refractivity contribution in [2.24, 2.45) is 40.4 Å². The van der Waals surface area contributed by atoms with Crippen LogP contribution in [0.2, 0.25) is 0 Å². The zero-order valence-corrected chi connectivity index (χ0v) is 18.5. The molecule has 0 amide bonds. The van der Waals surface area contributed by atoms with E-state index in [2.05, 4.69) is 33.8 Å². The first-order valence-electron chi connectivity index (χ1n) is 12.2. The van der Waals surface area contributed by atoms with Gasteiger partial charge in [-0.2, -0.15) is 0 Å². The molecule has 4 aliphatic rings. The SMILES string of the molecule is CC(C)CCCCC1CCC2C3CC=C4C(O)CCCC4(C)C3CCC12C. The molecule has 27 heavy (non-hydrogen) atoms. The number of hydrogen-bond acceptors (Lipinski definition) is 1. The van der Waals surface area contributed by atoms with E-state index in [4.69, 9.17) is 0 Å². The van der Waals surface area contributed by atoms with Gasteiger partial charge in [0.05, 0.1) is 6.10 Å². The van der Waals surface area contributed by atoms with Crippen molar-refractivity contribution in [3.63, 3.8) is 0 Å². The second-order valence-electron chi connectivity index (χ2n) is 11.6. The van der Waals surface area contributed by atoms with Gasteiger partial charge in [0, 0.05) is 0 Å². The molecule has 3 fully saturated rings. The lowest BCUT2D eigenvalue weighted by Gasteiger charge is -2.58. The van der Waals surface area contributed by atoms with E-state index in [-0.39, 0.29) is 6.10 Å². The van der Waals surface area contributed by atoms with Gasteiger partial charge in [0.1, 0.15) is 0 Å². The number of allylic oxidation sites excluding steroid dienone is 1. The molecular weight excluding hydrogens is 328 g/mol. The molecule has 0 aromatic heterocycles. The number of unbranched alkanes of at least 4 members (excludes halogenated alkanes) is 1. The van der Waals surface area contributed by atoms with Crippen LogP contribution >= 0.6 is 0 Å². The van der Waals surface area contributed by atoms with Crippen LogP contribution in [0.5, 0.6) is 0 Å². The van der Waals surface area contributed by atoms with Crippen LogP contribution in [0.15, 0.2) is 11.6 Å². The van der Waals surface area contributed by atoms with E-state index in [9.17, 15) is 5.11 Å². The highest BCUT2D eigenvalue weighted by Gasteiger charge is 2.58. The second kappa shape index (κ2) is 7.51. The Balaban J connectivity index is 1.47. The topological polar surface area (TPSA) is 20.2 Å². The van der Waals surface area contributed by atoms with Gasteiger partial charge in [-0.3, -0.25) is 0 Å². The summed E-state index contributed by atoms with van der Waals surface area (Å²) in [6.07, 6.45) is 18.8. The van der Waals surface area contributed by atoms with Gasteiger partial charge in [0.2, 0.25) is 0 Å². The van der Waals surface area contributed by atoms with E-state index in [1.807, 2.05) is 0 Å². The minimum absolute atomic E-state index is 0.143. The van der Waals surface area contributed by atoms with Crippen LogP contribution < -0.4 is 0 Å². The first-order chi connectivity index (χ1) is 12.9. The van der Waals surface area contributed by atoms with Gasteiger partial charge in [-0.15, -0.1) is 0 Å². The Hall–Kier alpha value is -0.300. The largest absolute Gasteiger partial charge is 0.389 e. The summed E-state index contributed by atoms with van der Waals surface area (Å²) in [4.78, 5) is 0. The fraction of sp³-hybridized carbons (Fsp3) is 0.923. The molecule has 0 bridgehead atoms. The summed E-state index contributed by atoms with van der Waals surface area (Å²) in [6, 6.07) is 0. The van der Waals surface area contributed by atoms with Crippen molar-refractivity contribution in [1.82, 2.24) is 0 Å². The zero-order valence-electron chi connectivity index (χ0n) is 18.5. The molecule has 0 spiro atoms. The lowest BCUT2D eigenvalue weighted by atomic mass is 9.47. The second-order valence-corrected chi connectivity index (χ2v) is 11.6. The van der Waals surface area contributed by atoms with Crippen molar-refractivity contribution in [3.8, 4) is 0 Å². The van der Waals surface area contributed by atoms with Crippen molar-refractivity contribution in [3.05, 3.63) is 11.6 Å². The molecule has 0 aromatic carbocycles. The van der Waals surface area contributed by atoms with Gasteiger partial charge in [-0.05, 0) is 104 Å². The molecule has 4 rings (SSSR count). The van der Waals surface area contributed by atoms with E-state index >= 15 is 0 Å².